The fourth-order valence-corrected chi connectivity index (χ4v) is 4.38. The Hall–Kier alpha value is -1.36. The summed E-state index contributed by atoms with van der Waals surface area (Å²) in [5.74, 6) is -0.995. The van der Waals surface area contributed by atoms with Crippen LogP contribution in [0.4, 0.5) is 0 Å². The minimum atomic E-state index is -0.995. The number of benzene rings is 2. The summed E-state index contributed by atoms with van der Waals surface area (Å²) in [6.07, 6.45) is 0. The smallest absolute Gasteiger partial charge is 0.335 e. The van der Waals surface area contributed by atoms with Gasteiger partial charge in [0.2, 0.25) is 0 Å². The maximum Gasteiger partial charge on any atom is 0.335 e. The zero-order valence-corrected chi connectivity index (χ0v) is 12.6. The number of carbonyl (C=O) groups is 1. The van der Waals surface area contributed by atoms with Gasteiger partial charge in [0.25, 0.3) is 0 Å². The number of aliphatic carboxylic acids is 1. The molecule has 3 rings (SSSR count). The van der Waals surface area contributed by atoms with Gasteiger partial charge in [-0.2, -0.15) is 0 Å². The highest BCUT2D eigenvalue weighted by molar-refractivity contribution is 8.05. The van der Waals surface area contributed by atoms with E-state index in [4.69, 9.17) is 16.7 Å². The molecule has 0 bridgehead atoms. The lowest BCUT2D eigenvalue weighted by molar-refractivity contribution is -0.130. The summed E-state index contributed by atoms with van der Waals surface area (Å²) >= 11 is 9.27. The molecule has 1 aliphatic rings. The van der Waals surface area contributed by atoms with Crippen molar-refractivity contribution < 1.29 is 9.90 Å². The van der Waals surface area contributed by atoms with Gasteiger partial charge < -0.3 is 5.11 Å². The second-order valence-corrected chi connectivity index (χ2v) is 6.84. The number of carboxylic acids is 1. The van der Waals surface area contributed by atoms with Gasteiger partial charge in [-0.25, -0.2) is 4.79 Å². The largest absolute Gasteiger partial charge is 0.478 e. The van der Waals surface area contributed by atoms with Crippen LogP contribution in [0.25, 0.3) is 5.57 Å². The molecule has 0 aromatic heterocycles. The Balaban J connectivity index is 2.00. The fraction of sp³-hybridized carbons (Fsp3) is 0. The van der Waals surface area contributed by atoms with Gasteiger partial charge in [-0.1, -0.05) is 47.8 Å². The normalized spacial score (nSPS) is 12.4. The zero-order valence-electron chi connectivity index (χ0n) is 10.2. The molecule has 1 N–H and O–H groups in total. The van der Waals surface area contributed by atoms with E-state index in [0.717, 1.165) is 24.6 Å². The van der Waals surface area contributed by atoms with E-state index in [2.05, 4.69) is 6.58 Å². The summed E-state index contributed by atoms with van der Waals surface area (Å²) in [6.45, 7) is 3.60. The number of rotatable bonds is 2. The van der Waals surface area contributed by atoms with Crippen molar-refractivity contribution >= 4 is 46.7 Å². The van der Waals surface area contributed by atoms with Crippen LogP contribution >= 0.6 is 35.1 Å². The standard InChI is InChI=1S/C15H9ClO2S2/c1-8(15(17)18)9-2-4-11-13(6-9)19-12-5-3-10(16)7-14(12)20-11/h2-7H,1H2,(H,17,18). The SMILES string of the molecule is C=C(C(=O)O)c1ccc2c(c1)Sc1ccc(Cl)cc1S2. The van der Waals surface area contributed by atoms with Crippen LogP contribution in [-0.4, -0.2) is 11.1 Å². The lowest BCUT2D eigenvalue weighted by Gasteiger charge is -2.19. The first-order valence-corrected chi connectivity index (χ1v) is 7.77. The number of halogens is 1. The average molecular weight is 321 g/mol. The summed E-state index contributed by atoms with van der Waals surface area (Å²) in [5, 5.41) is 9.72. The van der Waals surface area contributed by atoms with Crippen LogP contribution in [0, 0.1) is 0 Å². The lowest BCUT2D eigenvalue weighted by Crippen LogP contribution is -1.99. The van der Waals surface area contributed by atoms with Gasteiger partial charge in [-0.05, 0) is 35.9 Å². The van der Waals surface area contributed by atoms with Crippen molar-refractivity contribution in [3.8, 4) is 0 Å². The predicted octanol–water partition coefficient (Wildman–Crippen LogP) is 5.05. The van der Waals surface area contributed by atoms with E-state index in [0.29, 0.717) is 5.56 Å². The van der Waals surface area contributed by atoms with Gasteiger partial charge in [0.1, 0.15) is 0 Å². The zero-order chi connectivity index (χ0) is 14.3. The third kappa shape index (κ3) is 2.46. The molecule has 0 saturated heterocycles. The molecule has 5 heteroatoms. The van der Waals surface area contributed by atoms with Crippen molar-refractivity contribution in [2.75, 3.05) is 0 Å². The summed E-state index contributed by atoms with van der Waals surface area (Å²) in [4.78, 5) is 15.4. The van der Waals surface area contributed by atoms with Gasteiger partial charge in [-0.15, -0.1) is 0 Å². The molecule has 0 amide bonds. The number of fused-ring (bicyclic) bond motifs is 2. The number of hydrogen-bond donors (Lipinski definition) is 1. The molecule has 0 spiro atoms. The molecule has 1 aliphatic heterocycles. The topological polar surface area (TPSA) is 37.3 Å². The molecular formula is C15H9ClO2S2. The van der Waals surface area contributed by atoms with Crippen molar-refractivity contribution in [1.82, 2.24) is 0 Å². The molecular weight excluding hydrogens is 312 g/mol. The lowest BCUT2D eigenvalue weighted by atomic mass is 10.1. The van der Waals surface area contributed by atoms with Crippen molar-refractivity contribution in [3.05, 3.63) is 53.6 Å². The molecule has 0 radical (unpaired) electrons. The Morgan fingerprint density at radius 1 is 1.00 bits per heavy atom. The van der Waals surface area contributed by atoms with Gasteiger partial charge in [0.15, 0.2) is 0 Å². The first-order chi connectivity index (χ1) is 9.54. The Labute approximate surface area is 129 Å². The van der Waals surface area contributed by atoms with E-state index in [1.165, 1.54) is 0 Å². The van der Waals surface area contributed by atoms with Gasteiger partial charge in [0.05, 0.1) is 5.57 Å². The predicted molar refractivity (Wildman–Crippen MR) is 82.8 cm³/mol. The average Bonchev–Trinajstić information content (AvgIpc) is 2.43. The number of hydrogen-bond acceptors (Lipinski definition) is 3. The molecule has 0 unspecified atom stereocenters. The molecule has 0 aliphatic carbocycles. The highest BCUT2D eigenvalue weighted by atomic mass is 35.5. The van der Waals surface area contributed by atoms with Gasteiger partial charge >= 0.3 is 5.97 Å². The van der Waals surface area contributed by atoms with Gasteiger partial charge in [-0.3, -0.25) is 0 Å². The Kier molecular flexibility index (Phi) is 3.54. The summed E-state index contributed by atoms with van der Waals surface area (Å²) < 4.78 is 0. The Bertz CT molecular complexity index is 741. The molecule has 2 aromatic rings. The Morgan fingerprint density at radius 2 is 1.60 bits per heavy atom. The summed E-state index contributed by atoms with van der Waals surface area (Å²) in [7, 11) is 0. The molecule has 0 saturated carbocycles. The van der Waals surface area contributed by atoms with Crippen LogP contribution < -0.4 is 0 Å². The number of carboxylic acid groups (broad SMARTS) is 1. The van der Waals surface area contributed by atoms with E-state index in [1.807, 2.05) is 30.3 Å². The third-order valence-corrected chi connectivity index (χ3v) is 5.66. The van der Waals surface area contributed by atoms with Crippen molar-refractivity contribution in [2.24, 2.45) is 0 Å². The molecule has 100 valence electrons. The summed E-state index contributed by atoms with van der Waals surface area (Å²) in [6, 6.07) is 11.4. The van der Waals surface area contributed by atoms with Crippen LogP contribution in [0.3, 0.4) is 0 Å². The van der Waals surface area contributed by atoms with Crippen LogP contribution in [0.15, 0.2) is 62.6 Å². The minimum absolute atomic E-state index is 0.111. The second kappa shape index (κ2) is 5.20. The van der Waals surface area contributed by atoms with E-state index in [9.17, 15) is 4.79 Å². The first kappa shape index (κ1) is 13.6. The van der Waals surface area contributed by atoms with E-state index >= 15 is 0 Å². The van der Waals surface area contributed by atoms with Crippen LogP contribution in [0.1, 0.15) is 5.56 Å². The first-order valence-electron chi connectivity index (χ1n) is 5.76. The van der Waals surface area contributed by atoms with Gasteiger partial charge in [0, 0.05) is 24.6 Å². The van der Waals surface area contributed by atoms with Crippen molar-refractivity contribution in [3.63, 3.8) is 0 Å². The quantitative estimate of drug-likeness (QED) is 0.670. The van der Waals surface area contributed by atoms with Crippen molar-refractivity contribution in [1.29, 1.82) is 0 Å². The molecule has 2 nitrogen and oxygen atoms in total. The third-order valence-electron chi connectivity index (χ3n) is 2.90. The minimum Gasteiger partial charge on any atom is -0.478 e. The summed E-state index contributed by atoms with van der Waals surface area (Å²) in [5.41, 5.74) is 0.752. The van der Waals surface area contributed by atoms with Crippen LogP contribution in [0.5, 0.6) is 0 Å². The molecule has 0 atom stereocenters. The fourth-order valence-electron chi connectivity index (χ4n) is 1.87. The maximum absolute atomic E-state index is 11.0. The molecule has 2 aromatic carbocycles. The monoisotopic (exact) mass is 320 g/mol. The van der Waals surface area contributed by atoms with Crippen LogP contribution in [-0.2, 0) is 4.79 Å². The maximum atomic E-state index is 11.0. The van der Waals surface area contributed by atoms with E-state index in [-0.39, 0.29) is 5.57 Å². The van der Waals surface area contributed by atoms with E-state index < -0.39 is 5.97 Å². The van der Waals surface area contributed by atoms with Crippen molar-refractivity contribution in [2.45, 2.75) is 19.6 Å². The van der Waals surface area contributed by atoms with E-state index in [1.54, 1.807) is 29.6 Å². The molecule has 20 heavy (non-hydrogen) atoms. The molecule has 1 heterocycles. The highest BCUT2D eigenvalue weighted by Gasteiger charge is 2.19. The van der Waals surface area contributed by atoms with Crippen LogP contribution in [0.2, 0.25) is 5.02 Å². The second-order valence-electron chi connectivity index (χ2n) is 4.24. The molecule has 0 fully saturated rings. The Morgan fingerprint density at radius 3 is 2.25 bits per heavy atom. The highest BCUT2D eigenvalue weighted by Crippen LogP contribution is 2.49.